The highest BCUT2D eigenvalue weighted by molar-refractivity contribution is 5.21. The Kier molecular flexibility index (Phi) is 4.82. The normalized spacial score (nSPS) is 14.0. The monoisotopic (exact) mass is 274 g/mol. The Balaban J connectivity index is 1.96. The topological polar surface area (TPSA) is 45.2 Å². The zero-order valence-electron chi connectivity index (χ0n) is 11.7. The van der Waals surface area contributed by atoms with Crippen molar-refractivity contribution in [2.75, 3.05) is 0 Å². The van der Waals surface area contributed by atoms with Gasteiger partial charge in [-0.3, -0.25) is 4.98 Å². The highest BCUT2D eigenvalue weighted by Gasteiger charge is 2.16. The number of benzene rings is 1. The standard InChI is InChI=1S/C16H19FN2O/c1-11-14(4-3-9-18-11)10-19-12(2)16(20)13-5-7-15(17)8-6-13/h3-9,12,16,19-20H,10H2,1-2H3. The first kappa shape index (κ1) is 14.6. The smallest absolute Gasteiger partial charge is 0.123 e. The Morgan fingerprint density at radius 1 is 1.25 bits per heavy atom. The van der Waals surface area contributed by atoms with Crippen LogP contribution in [-0.2, 0) is 6.54 Å². The molecule has 2 unspecified atom stereocenters. The van der Waals surface area contributed by atoms with Gasteiger partial charge in [0.25, 0.3) is 0 Å². The second-order valence-electron chi connectivity index (χ2n) is 4.91. The third-order valence-corrected chi connectivity index (χ3v) is 3.42. The number of nitrogens with zero attached hydrogens (tertiary/aromatic N) is 1. The Bertz CT molecular complexity index is 557. The Morgan fingerprint density at radius 3 is 2.60 bits per heavy atom. The van der Waals surface area contributed by atoms with Crippen molar-refractivity contribution in [3.05, 3.63) is 65.2 Å². The second kappa shape index (κ2) is 6.59. The lowest BCUT2D eigenvalue weighted by atomic mass is 10.0. The molecular formula is C16H19FN2O. The molecule has 3 nitrogen and oxygen atoms in total. The number of pyridine rings is 1. The van der Waals surface area contributed by atoms with Gasteiger partial charge in [0.05, 0.1) is 6.10 Å². The molecule has 1 heterocycles. The van der Waals surface area contributed by atoms with E-state index in [1.807, 2.05) is 26.0 Å². The Hall–Kier alpha value is -1.78. The maximum Gasteiger partial charge on any atom is 0.123 e. The van der Waals surface area contributed by atoms with Gasteiger partial charge < -0.3 is 10.4 Å². The molecule has 0 spiro atoms. The van der Waals surface area contributed by atoms with E-state index in [0.29, 0.717) is 12.1 Å². The van der Waals surface area contributed by atoms with Crippen LogP contribution in [0.5, 0.6) is 0 Å². The van der Waals surface area contributed by atoms with E-state index in [4.69, 9.17) is 0 Å². The maximum absolute atomic E-state index is 12.9. The minimum Gasteiger partial charge on any atom is -0.387 e. The molecule has 2 atom stereocenters. The molecular weight excluding hydrogens is 255 g/mol. The lowest BCUT2D eigenvalue weighted by molar-refractivity contribution is 0.135. The van der Waals surface area contributed by atoms with Gasteiger partial charge in [-0.1, -0.05) is 18.2 Å². The number of aryl methyl sites for hydroxylation is 1. The molecule has 0 radical (unpaired) electrons. The molecule has 0 bridgehead atoms. The highest BCUT2D eigenvalue weighted by Crippen LogP contribution is 2.17. The van der Waals surface area contributed by atoms with E-state index in [2.05, 4.69) is 10.3 Å². The number of nitrogens with one attached hydrogen (secondary N) is 1. The molecule has 4 heteroatoms. The third kappa shape index (κ3) is 3.62. The van der Waals surface area contributed by atoms with Crippen LogP contribution in [0.1, 0.15) is 29.8 Å². The van der Waals surface area contributed by atoms with Crippen molar-refractivity contribution in [2.24, 2.45) is 0 Å². The van der Waals surface area contributed by atoms with Gasteiger partial charge in [0, 0.05) is 24.5 Å². The summed E-state index contributed by atoms with van der Waals surface area (Å²) in [5.74, 6) is -0.299. The minimum absolute atomic E-state index is 0.139. The predicted octanol–water partition coefficient (Wildman–Crippen LogP) is 2.74. The van der Waals surface area contributed by atoms with E-state index < -0.39 is 6.10 Å². The number of aromatic nitrogens is 1. The van der Waals surface area contributed by atoms with Gasteiger partial charge in [-0.25, -0.2) is 4.39 Å². The average Bonchev–Trinajstić information content (AvgIpc) is 2.46. The summed E-state index contributed by atoms with van der Waals surface area (Å²) in [5, 5.41) is 13.5. The Morgan fingerprint density at radius 2 is 1.95 bits per heavy atom. The maximum atomic E-state index is 12.9. The van der Waals surface area contributed by atoms with Crippen LogP contribution in [0.2, 0.25) is 0 Å². The number of aliphatic hydroxyl groups excluding tert-OH is 1. The van der Waals surface area contributed by atoms with Crippen LogP contribution in [0.25, 0.3) is 0 Å². The number of halogens is 1. The SMILES string of the molecule is Cc1ncccc1CNC(C)C(O)c1ccc(F)cc1. The van der Waals surface area contributed by atoms with Crippen LogP contribution in [0.15, 0.2) is 42.6 Å². The number of hydrogen-bond donors (Lipinski definition) is 2. The zero-order valence-corrected chi connectivity index (χ0v) is 11.7. The van der Waals surface area contributed by atoms with Crippen LogP contribution in [0.4, 0.5) is 4.39 Å². The average molecular weight is 274 g/mol. The van der Waals surface area contributed by atoms with Gasteiger partial charge in [-0.15, -0.1) is 0 Å². The molecule has 1 aromatic carbocycles. The van der Waals surface area contributed by atoms with Gasteiger partial charge >= 0.3 is 0 Å². The Labute approximate surface area is 118 Å². The molecule has 106 valence electrons. The van der Waals surface area contributed by atoms with Crippen molar-refractivity contribution in [3.63, 3.8) is 0 Å². The first-order chi connectivity index (χ1) is 9.58. The van der Waals surface area contributed by atoms with Crippen molar-refractivity contribution in [3.8, 4) is 0 Å². The fraction of sp³-hybridized carbons (Fsp3) is 0.312. The fourth-order valence-electron chi connectivity index (χ4n) is 2.04. The molecule has 2 N–H and O–H groups in total. The van der Waals surface area contributed by atoms with Crippen molar-refractivity contribution < 1.29 is 9.50 Å². The molecule has 0 aliphatic heterocycles. The summed E-state index contributed by atoms with van der Waals surface area (Å²) in [6.07, 6.45) is 1.09. The van der Waals surface area contributed by atoms with Gasteiger partial charge in [0.15, 0.2) is 0 Å². The third-order valence-electron chi connectivity index (χ3n) is 3.42. The van der Waals surface area contributed by atoms with Gasteiger partial charge in [-0.2, -0.15) is 0 Å². The van der Waals surface area contributed by atoms with Gasteiger partial charge in [0.2, 0.25) is 0 Å². The molecule has 0 aliphatic rings. The molecule has 0 saturated heterocycles. The van der Waals surface area contributed by atoms with Crippen LogP contribution in [0, 0.1) is 12.7 Å². The summed E-state index contributed by atoms with van der Waals surface area (Å²) in [5.41, 5.74) is 2.78. The second-order valence-corrected chi connectivity index (χ2v) is 4.91. The summed E-state index contributed by atoms with van der Waals surface area (Å²) in [4.78, 5) is 4.23. The number of hydrogen-bond acceptors (Lipinski definition) is 3. The molecule has 0 aliphatic carbocycles. The number of aliphatic hydroxyl groups is 1. The van der Waals surface area contributed by atoms with E-state index in [1.54, 1.807) is 18.3 Å². The van der Waals surface area contributed by atoms with Crippen molar-refractivity contribution in [1.29, 1.82) is 0 Å². The summed E-state index contributed by atoms with van der Waals surface area (Å²) in [6.45, 7) is 4.50. The summed E-state index contributed by atoms with van der Waals surface area (Å²) in [6, 6.07) is 9.69. The van der Waals surface area contributed by atoms with Crippen LogP contribution >= 0.6 is 0 Å². The predicted molar refractivity (Wildman–Crippen MR) is 76.6 cm³/mol. The van der Waals surface area contributed by atoms with Crippen molar-refractivity contribution in [2.45, 2.75) is 32.5 Å². The van der Waals surface area contributed by atoms with E-state index in [9.17, 15) is 9.50 Å². The van der Waals surface area contributed by atoms with Gasteiger partial charge in [-0.05, 0) is 43.2 Å². The summed E-state index contributed by atoms with van der Waals surface area (Å²) < 4.78 is 12.9. The molecule has 2 aromatic rings. The zero-order chi connectivity index (χ0) is 14.5. The lowest BCUT2D eigenvalue weighted by Crippen LogP contribution is -2.32. The molecule has 20 heavy (non-hydrogen) atoms. The largest absolute Gasteiger partial charge is 0.387 e. The van der Waals surface area contributed by atoms with Crippen molar-refractivity contribution >= 4 is 0 Å². The van der Waals surface area contributed by atoms with Gasteiger partial charge in [0.1, 0.15) is 5.82 Å². The quantitative estimate of drug-likeness (QED) is 0.881. The van der Waals surface area contributed by atoms with Crippen LogP contribution in [-0.4, -0.2) is 16.1 Å². The molecule has 1 aromatic heterocycles. The molecule has 0 saturated carbocycles. The van der Waals surface area contributed by atoms with E-state index >= 15 is 0 Å². The first-order valence-corrected chi connectivity index (χ1v) is 6.65. The first-order valence-electron chi connectivity index (χ1n) is 6.65. The molecule has 0 fully saturated rings. The van der Waals surface area contributed by atoms with E-state index in [0.717, 1.165) is 11.3 Å². The molecule has 0 amide bonds. The summed E-state index contributed by atoms with van der Waals surface area (Å²) >= 11 is 0. The fourth-order valence-corrected chi connectivity index (χ4v) is 2.04. The highest BCUT2D eigenvalue weighted by atomic mass is 19.1. The summed E-state index contributed by atoms with van der Waals surface area (Å²) in [7, 11) is 0. The van der Waals surface area contributed by atoms with E-state index in [1.165, 1.54) is 12.1 Å². The van der Waals surface area contributed by atoms with Crippen LogP contribution in [0.3, 0.4) is 0 Å². The minimum atomic E-state index is -0.674. The lowest BCUT2D eigenvalue weighted by Gasteiger charge is -2.21. The molecule has 2 rings (SSSR count). The number of rotatable bonds is 5. The van der Waals surface area contributed by atoms with E-state index in [-0.39, 0.29) is 11.9 Å². The van der Waals surface area contributed by atoms with Crippen LogP contribution < -0.4 is 5.32 Å². The van der Waals surface area contributed by atoms with Crippen molar-refractivity contribution in [1.82, 2.24) is 10.3 Å².